The zero-order chi connectivity index (χ0) is 21.9. The predicted octanol–water partition coefficient (Wildman–Crippen LogP) is 2.74. The molecular weight excluding hydrogens is 401 g/mol. The van der Waals surface area contributed by atoms with Gasteiger partial charge in [-0.05, 0) is 32.0 Å². The first kappa shape index (κ1) is 22.1. The monoisotopic (exact) mass is 426 g/mol. The molecule has 2 aromatic rings. The van der Waals surface area contributed by atoms with Crippen LogP contribution in [0.3, 0.4) is 0 Å². The second-order valence-corrected chi connectivity index (χ2v) is 7.63. The molecule has 1 N–H and O–H groups in total. The summed E-state index contributed by atoms with van der Waals surface area (Å²) >= 11 is 0. The molecule has 0 bridgehead atoms. The highest BCUT2D eigenvalue weighted by Gasteiger charge is 2.31. The second-order valence-electron chi connectivity index (χ2n) is 7.63. The summed E-state index contributed by atoms with van der Waals surface area (Å²) in [4.78, 5) is 15.0. The first-order chi connectivity index (χ1) is 14.1. The molecule has 0 atom stereocenters. The summed E-state index contributed by atoms with van der Waals surface area (Å²) in [7, 11) is 1.38. The number of nitrogens with zero attached hydrogens (tertiary/aromatic N) is 3. The summed E-state index contributed by atoms with van der Waals surface area (Å²) in [6.45, 7) is 7.26. The van der Waals surface area contributed by atoms with Crippen molar-refractivity contribution in [3.8, 4) is 11.4 Å². The number of rotatable bonds is 6. The molecule has 0 saturated carbocycles. The maximum atomic E-state index is 13.0. The maximum Gasteiger partial charge on any atom is 0.416 e. The molecule has 30 heavy (non-hydrogen) atoms. The third-order valence-electron chi connectivity index (χ3n) is 5.10. The lowest BCUT2D eigenvalue weighted by Crippen LogP contribution is -2.55. The van der Waals surface area contributed by atoms with Gasteiger partial charge < -0.3 is 14.8 Å². The Morgan fingerprint density at radius 3 is 2.60 bits per heavy atom. The highest BCUT2D eigenvalue weighted by molar-refractivity contribution is 5.95. The first-order valence-corrected chi connectivity index (χ1v) is 9.54. The van der Waals surface area contributed by atoms with Crippen LogP contribution in [0.5, 0.6) is 5.75 Å². The van der Waals surface area contributed by atoms with E-state index in [1.165, 1.54) is 30.1 Å². The minimum absolute atomic E-state index is 0.00712. The smallest absolute Gasteiger partial charge is 0.416 e. The zero-order valence-corrected chi connectivity index (χ0v) is 17.1. The summed E-state index contributed by atoms with van der Waals surface area (Å²) in [6.07, 6.45) is -3.09. The maximum absolute atomic E-state index is 13.0. The van der Waals surface area contributed by atoms with Crippen LogP contribution in [-0.2, 0) is 10.9 Å². The van der Waals surface area contributed by atoms with E-state index in [1.807, 2.05) is 13.8 Å². The average molecular weight is 426 g/mol. The van der Waals surface area contributed by atoms with E-state index >= 15 is 0 Å². The fourth-order valence-electron chi connectivity index (χ4n) is 3.28. The standard InChI is InChI=1S/C20H25F3N4O3/c1-19(2,26-7-9-30-10-8-26)13-24-18(28)17-16(29-3)12-27(25-17)15-6-4-5-14(11-15)20(21,22)23/h4-6,11-12H,7-10,13H2,1-3H3,(H,24,28). The van der Waals surface area contributed by atoms with Crippen LogP contribution in [0.2, 0.25) is 0 Å². The number of carbonyl (C=O) groups is 1. The van der Waals surface area contributed by atoms with Crippen LogP contribution in [-0.4, -0.2) is 66.1 Å². The number of amides is 1. The molecule has 1 amide bonds. The van der Waals surface area contributed by atoms with Crippen LogP contribution < -0.4 is 10.1 Å². The Bertz CT molecular complexity index is 890. The van der Waals surface area contributed by atoms with Crippen LogP contribution in [0.1, 0.15) is 29.9 Å². The Hall–Kier alpha value is -2.59. The van der Waals surface area contributed by atoms with Gasteiger partial charge in [0.1, 0.15) is 0 Å². The fraction of sp³-hybridized carbons (Fsp3) is 0.500. The summed E-state index contributed by atoms with van der Waals surface area (Å²) in [6, 6.07) is 4.71. The molecule has 2 heterocycles. The van der Waals surface area contributed by atoms with Crippen LogP contribution in [0.4, 0.5) is 13.2 Å². The lowest BCUT2D eigenvalue weighted by atomic mass is 10.0. The van der Waals surface area contributed by atoms with Gasteiger partial charge in [-0.2, -0.15) is 18.3 Å². The van der Waals surface area contributed by atoms with Crippen LogP contribution in [0, 0.1) is 0 Å². The van der Waals surface area contributed by atoms with E-state index in [0.717, 1.165) is 25.2 Å². The Morgan fingerprint density at radius 1 is 1.27 bits per heavy atom. The van der Waals surface area contributed by atoms with Crippen LogP contribution >= 0.6 is 0 Å². The number of methoxy groups -OCH3 is 1. The number of aromatic nitrogens is 2. The number of halogens is 3. The van der Waals surface area contributed by atoms with Gasteiger partial charge in [0.05, 0.1) is 37.8 Å². The van der Waals surface area contributed by atoms with Gasteiger partial charge >= 0.3 is 6.18 Å². The number of benzene rings is 1. The van der Waals surface area contributed by atoms with Gasteiger partial charge in [0, 0.05) is 25.2 Å². The third kappa shape index (κ3) is 4.93. The van der Waals surface area contributed by atoms with E-state index in [-0.39, 0.29) is 22.7 Å². The first-order valence-electron chi connectivity index (χ1n) is 9.54. The lowest BCUT2D eigenvalue weighted by Gasteiger charge is -2.40. The molecule has 0 spiro atoms. The van der Waals surface area contributed by atoms with Crippen molar-refractivity contribution in [1.29, 1.82) is 0 Å². The van der Waals surface area contributed by atoms with Crippen molar-refractivity contribution in [2.75, 3.05) is 40.0 Å². The van der Waals surface area contributed by atoms with Gasteiger partial charge in [-0.1, -0.05) is 6.07 Å². The Kier molecular flexibility index (Phi) is 6.37. The normalized spacial score (nSPS) is 15.8. The molecule has 1 aliphatic rings. The van der Waals surface area contributed by atoms with Crippen molar-refractivity contribution in [2.45, 2.75) is 25.6 Å². The molecule has 0 aliphatic carbocycles. The Morgan fingerprint density at radius 2 is 1.97 bits per heavy atom. The second kappa shape index (κ2) is 8.65. The van der Waals surface area contributed by atoms with E-state index in [2.05, 4.69) is 15.3 Å². The van der Waals surface area contributed by atoms with Crippen molar-refractivity contribution in [1.82, 2.24) is 20.0 Å². The summed E-state index contributed by atoms with van der Waals surface area (Å²) < 4.78 is 50.8. The number of alkyl halides is 3. The van der Waals surface area contributed by atoms with Gasteiger partial charge in [-0.3, -0.25) is 9.69 Å². The van der Waals surface area contributed by atoms with E-state index in [4.69, 9.17) is 9.47 Å². The van der Waals surface area contributed by atoms with E-state index in [0.29, 0.717) is 19.8 Å². The highest BCUT2D eigenvalue weighted by Crippen LogP contribution is 2.30. The topological polar surface area (TPSA) is 68.6 Å². The molecule has 1 aromatic carbocycles. The number of morpholine rings is 1. The molecule has 10 heteroatoms. The number of hydrogen-bond donors (Lipinski definition) is 1. The summed E-state index contributed by atoms with van der Waals surface area (Å²) in [5, 5.41) is 7.02. The molecule has 1 aliphatic heterocycles. The quantitative estimate of drug-likeness (QED) is 0.770. The van der Waals surface area contributed by atoms with Gasteiger partial charge in [-0.15, -0.1) is 0 Å². The number of hydrogen-bond acceptors (Lipinski definition) is 5. The van der Waals surface area contributed by atoms with Gasteiger partial charge in [0.15, 0.2) is 11.4 Å². The number of nitrogens with one attached hydrogen (secondary N) is 1. The van der Waals surface area contributed by atoms with E-state index < -0.39 is 17.6 Å². The van der Waals surface area contributed by atoms with Crippen molar-refractivity contribution in [3.05, 3.63) is 41.7 Å². The molecule has 0 unspecified atom stereocenters. The van der Waals surface area contributed by atoms with Gasteiger partial charge in [-0.25, -0.2) is 4.68 Å². The number of carbonyl (C=O) groups excluding carboxylic acids is 1. The molecule has 164 valence electrons. The van der Waals surface area contributed by atoms with E-state index in [1.54, 1.807) is 0 Å². The highest BCUT2D eigenvalue weighted by atomic mass is 19.4. The van der Waals surface area contributed by atoms with Crippen molar-refractivity contribution >= 4 is 5.91 Å². The summed E-state index contributed by atoms with van der Waals surface area (Å²) in [5.74, 6) is -0.284. The molecule has 1 aromatic heterocycles. The van der Waals surface area contributed by atoms with E-state index in [9.17, 15) is 18.0 Å². The summed E-state index contributed by atoms with van der Waals surface area (Å²) in [5.41, 5.74) is -0.910. The van der Waals surface area contributed by atoms with Crippen molar-refractivity contribution in [3.63, 3.8) is 0 Å². The van der Waals surface area contributed by atoms with Gasteiger partial charge in [0.25, 0.3) is 5.91 Å². The van der Waals surface area contributed by atoms with Crippen LogP contribution in [0.25, 0.3) is 5.69 Å². The molecule has 3 rings (SSSR count). The molecule has 0 radical (unpaired) electrons. The fourth-order valence-corrected chi connectivity index (χ4v) is 3.28. The van der Waals surface area contributed by atoms with Crippen LogP contribution in [0.15, 0.2) is 30.5 Å². The number of ether oxygens (including phenoxy) is 2. The molecule has 1 saturated heterocycles. The molecule has 1 fully saturated rings. The lowest BCUT2D eigenvalue weighted by molar-refractivity contribution is -0.137. The van der Waals surface area contributed by atoms with Crippen molar-refractivity contribution < 1.29 is 27.4 Å². The van der Waals surface area contributed by atoms with Crippen molar-refractivity contribution in [2.24, 2.45) is 0 Å². The third-order valence-corrected chi connectivity index (χ3v) is 5.10. The minimum Gasteiger partial charge on any atom is -0.493 e. The average Bonchev–Trinajstić information content (AvgIpc) is 3.17. The Labute approximate surface area is 172 Å². The Balaban J connectivity index is 1.76. The molecule has 7 nitrogen and oxygen atoms in total. The minimum atomic E-state index is -4.47. The SMILES string of the molecule is COc1cn(-c2cccc(C(F)(F)F)c2)nc1C(=O)NCC(C)(C)N1CCOCC1. The zero-order valence-electron chi connectivity index (χ0n) is 17.1. The predicted molar refractivity (Wildman–Crippen MR) is 104 cm³/mol. The molecular formula is C20H25F3N4O3. The van der Waals surface area contributed by atoms with Gasteiger partial charge in [0.2, 0.25) is 0 Å². The largest absolute Gasteiger partial charge is 0.493 e.